The van der Waals surface area contributed by atoms with E-state index < -0.39 is 0 Å². The lowest BCUT2D eigenvalue weighted by Crippen LogP contribution is -2.46. The molecule has 0 bridgehead atoms. The van der Waals surface area contributed by atoms with E-state index in [4.69, 9.17) is 16.6 Å². The molecule has 1 saturated heterocycles. The van der Waals surface area contributed by atoms with Gasteiger partial charge in [0.2, 0.25) is 0 Å². The Labute approximate surface area is 194 Å². The SMILES string of the molecule is Cc1cc(-c2ccc(N3CCN(Cc4ccc(Cl)nc4)CC3)nc2C(C)C)cn(C)c1=O. The third kappa shape index (κ3) is 4.87. The third-order valence-electron chi connectivity index (χ3n) is 6.02. The summed E-state index contributed by atoms with van der Waals surface area (Å²) in [4.78, 5) is 26.2. The van der Waals surface area contributed by atoms with Crippen LogP contribution in [0.2, 0.25) is 5.15 Å². The summed E-state index contributed by atoms with van der Waals surface area (Å²) in [6.45, 7) is 10.9. The number of anilines is 1. The van der Waals surface area contributed by atoms with Crippen molar-refractivity contribution in [2.75, 3.05) is 31.1 Å². The summed E-state index contributed by atoms with van der Waals surface area (Å²) in [6, 6.07) is 10.1. The van der Waals surface area contributed by atoms with Crippen molar-refractivity contribution in [3.8, 4) is 11.1 Å². The highest BCUT2D eigenvalue weighted by Gasteiger charge is 2.20. The summed E-state index contributed by atoms with van der Waals surface area (Å²) >= 11 is 5.90. The van der Waals surface area contributed by atoms with Crippen LogP contribution in [0.5, 0.6) is 0 Å². The Morgan fingerprint density at radius 3 is 2.47 bits per heavy atom. The van der Waals surface area contributed by atoms with Crippen molar-refractivity contribution in [3.05, 3.63) is 75.1 Å². The molecule has 6 nitrogen and oxygen atoms in total. The van der Waals surface area contributed by atoms with Gasteiger partial charge < -0.3 is 9.47 Å². The number of rotatable bonds is 5. The predicted molar refractivity (Wildman–Crippen MR) is 130 cm³/mol. The zero-order valence-electron chi connectivity index (χ0n) is 19.2. The van der Waals surface area contributed by atoms with Gasteiger partial charge in [0.1, 0.15) is 11.0 Å². The highest BCUT2D eigenvalue weighted by molar-refractivity contribution is 6.29. The van der Waals surface area contributed by atoms with Gasteiger partial charge in [0.15, 0.2) is 0 Å². The number of halogens is 1. The molecule has 7 heteroatoms. The molecule has 1 aliphatic rings. The maximum Gasteiger partial charge on any atom is 0.253 e. The normalized spacial score (nSPS) is 14.9. The minimum atomic E-state index is 0.0386. The van der Waals surface area contributed by atoms with Crippen LogP contribution in [0, 0.1) is 6.92 Å². The predicted octanol–water partition coefficient (Wildman–Crippen LogP) is 4.25. The first-order valence-corrected chi connectivity index (χ1v) is 11.5. The van der Waals surface area contributed by atoms with E-state index in [0.717, 1.165) is 60.9 Å². The van der Waals surface area contributed by atoms with Crippen LogP contribution in [0.3, 0.4) is 0 Å². The van der Waals surface area contributed by atoms with Gasteiger partial charge in [-0.1, -0.05) is 31.5 Å². The topological polar surface area (TPSA) is 54.3 Å². The van der Waals surface area contributed by atoms with E-state index in [9.17, 15) is 4.79 Å². The Bertz CT molecular complexity index is 1120. The second-order valence-corrected chi connectivity index (χ2v) is 9.22. The smallest absolute Gasteiger partial charge is 0.253 e. The van der Waals surface area contributed by atoms with E-state index in [0.29, 0.717) is 5.15 Å². The lowest BCUT2D eigenvalue weighted by atomic mass is 9.97. The van der Waals surface area contributed by atoms with Crippen LogP contribution in [0.25, 0.3) is 11.1 Å². The molecule has 4 heterocycles. The lowest BCUT2D eigenvalue weighted by Gasteiger charge is -2.35. The first-order chi connectivity index (χ1) is 15.3. The molecule has 0 aromatic carbocycles. The molecule has 4 rings (SSSR count). The van der Waals surface area contributed by atoms with E-state index in [1.165, 1.54) is 5.56 Å². The molecular weight excluding hydrogens is 422 g/mol. The molecule has 0 atom stereocenters. The van der Waals surface area contributed by atoms with Crippen LogP contribution in [0.4, 0.5) is 5.82 Å². The third-order valence-corrected chi connectivity index (χ3v) is 6.25. The van der Waals surface area contributed by atoms with Crippen molar-refractivity contribution in [2.24, 2.45) is 7.05 Å². The summed E-state index contributed by atoms with van der Waals surface area (Å²) in [5.74, 6) is 1.30. The molecule has 3 aromatic heterocycles. The van der Waals surface area contributed by atoms with Crippen molar-refractivity contribution < 1.29 is 0 Å². The van der Waals surface area contributed by atoms with E-state index in [-0.39, 0.29) is 11.5 Å². The summed E-state index contributed by atoms with van der Waals surface area (Å²) in [6.07, 6.45) is 3.76. The molecule has 0 spiro atoms. The van der Waals surface area contributed by atoms with Crippen molar-refractivity contribution in [3.63, 3.8) is 0 Å². The van der Waals surface area contributed by atoms with E-state index in [1.54, 1.807) is 11.6 Å². The summed E-state index contributed by atoms with van der Waals surface area (Å²) in [5, 5.41) is 0.530. The van der Waals surface area contributed by atoms with Crippen molar-refractivity contribution in [1.29, 1.82) is 0 Å². The number of hydrogen-bond donors (Lipinski definition) is 0. The minimum absolute atomic E-state index is 0.0386. The fourth-order valence-electron chi connectivity index (χ4n) is 4.24. The standard InChI is InChI=1S/C25H30ClN5O/c1-17(2)24-21(20-13-18(3)25(32)29(4)16-20)6-8-23(28-24)31-11-9-30(10-12-31)15-19-5-7-22(26)27-14-19/h5-8,13-14,16-17H,9-12,15H2,1-4H3. The Morgan fingerprint density at radius 1 is 1.09 bits per heavy atom. The average Bonchev–Trinajstić information content (AvgIpc) is 2.79. The van der Waals surface area contributed by atoms with Gasteiger partial charge in [-0.05, 0) is 42.7 Å². The van der Waals surface area contributed by atoms with Crippen LogP contribution in [0.1, 0.15) is 36.6 Å². The number of aromatic nitrogens is 3. The largest absolute Gasteiger partial charge is 0.354 e. The van der Waals surface area contributed by atoms with Crippen LogP contribution >= 0.6 is 11.6 Å². The molecule has 3 aromatic rings. The van der Waals surface area contributed by atoms with E-state index >= 15 is 0 Å². The highest BCUT2D eigenvalue weighted by Crippen LogP contribution is 2.30. The minimum Gasteiger partial charge on any atom is -0.354 e. The number of piperazine rings is 1. The van der Waals surface area contributed by atoms with Crippen LogP contribution in [-0.2, 0) is 13.6 Å². The van der Waals surface area contributed by atoms with Crippen molar-refractivity contribution in [2.45, 2.75) is 33.2 Å². The van der Waals surface area contributed by atoms with Gasteiger partial charge in [-0.25, -0.2) is 9.97 Å². The molecule has 0 unspecified atom stereocenters. The average molecular weight is 452 g/mol. The fourth-order valence-corrected chi connectivity index (χ4v) is 4.35. The van der Waals surface area contributed by atoms with Gasteiger partial charge in [-0.3, -0.25) is 9.69 Å². The molecule has 0 aliphatic carbocycles. The zero-order valence-corrected chi connectivity index (χ0v) is 19.9. The Morgan fingerprint density at radius 2 is 1.84 bits per heavy atom. The fraction of sp³-hybridized carbons (Fsp3) is 0.400. The number of aryl methyl sites for hydroxylation is 2. The Kier molecular flexibility index (Phi) is 6.63. The molecule has 168 valence electrons. The number of hydrogen-bond acceptors (Lipinski definition) is 5. The molecule has 0 amide bonds. The van der Waals surface area contributed by atoms with Crippen molar-refractivity contribution in [1.82, 2.24) is 19.4 Å². The summed E-state index contributed by atoms with van der Waals surface area (Å²) < 4.78 is 1.65. The second kappa shape index (κ2) is 9.43. The maximum atomic E-state index is 12.1. The summed E-state index contributed by atoms with van der Waals surface area (Å²) in [5.41, 5.74) is 5.16. The van der Waals surface area contributed by atoms with Gasteiger partial charge in [-0.2, -0.15) is 0 Å². The van der Waals surface area contributed by atoms with Gasteiger partial charge in [0, 0.05) is 68.9 Å². The van der Waals surface area contributed by atoms with Gasteiger partial charge >= 0.3 is 0 Å². The number of nitrogens with zero attached hydrogens (tertiary/aromatic N) is 5. The highest BCUT2D eigenvalue weighted by atomic mass is 35.5. The number of pyridine rings is 3. The Hall–Kier alpha value is -2.70. The van der Waals surface area contributed by atoms with Crippen LogP contribution < -0.4 is 10.5 Å². The zero-order chi connectivity index (χ0) is 22.8. The molecule has 0 radical (unpaired) electrons. The van der Waals surface area contributed by atoms with E-state index in [1.807, 2.05) is 37.5 Å². The molecule has 1 fully saturated rings. The van der Waals surface area contributed by atoms with E-state index in [2.05, 4.69) is 40.8 Å². The van der Waals surface area contributed by atoms with Gasteiger partial charge in [0.05, 0.1) is 5.69 Å². The van der Waals surface area contributed by atoms with Crippen LogP contribution in [0.15, 0.2) is 47.5 Å². The quantitative estimate of drug-likeness (QED) is 0.543. The maximum absolute atomic E-state index is 12.1. The molecule has 0 saturated carbocycles. The van der Waals surface area contributed by atoms with Gasteiger partial charge in [-0.15, -0.1) is 0 Å². The first kappa shape index (κ1) is 22.5. The first-order valence-electron chi connectivity index (χ1n) is 11.1. The van der Waals surface area contributed by atoms with Gasteiger partial charge in [0.25, 0.3) is 5.56 Å². The molecular formula is C25H30ClN5O. The lowest BCUT2D eigenvalue weighted by molar-refractivity contribution is 0.249. The van der Waals surface area contributed by atoms with Crippen molar-refractivity contribution >= 4 is 17.4 Å². The Balaban J connectivity index is 1.51. The second-order valence-electron chi connectivity index (χ2n) is 8.84. The molecule has 32 heavy (non-hydrogen) atoms. The van der Waals surface area contributed by atoms with Crippen LogP contribution in [-0.4, -0.2) is 45.6 Å². The molecule has 0 N–H and O–H groups in total. The summed E-state index contributed by atoms with van der Waals surface area (Å²) in [7, 11) is 1.80. The monoisotopic (exact) mass is 451 g/mol. The molecule has 1 aliphatic heterocycles.